The van der Waals surface area contributed by atoms with Crippen molar-refractivity contribution in [2.45, 2.75) is 38.5 Å². The van der Waals surface area contributed by atoms with Gasteiger partial charge in [0.05, 0.1) is 0 Å². The van der Waals surface area contributed by atoms with E-state index in [1.165, 1.54) is 0 Å². The zero-order chi connectivity index (χ0) is 15.0. The van der Waals surface area contributed by atoms with Gasteiger partial charge in [-0.2, -0.15) is 0 Å². The van der Waals surface area contributed by atoms with Gasteiger partial charge in [-0.25, -0.2) is 4.79 Å². The lowest BCUT2D eigenvalue weighted by atomic mass is 9.95. The molecule has 0 aromatic carbocycles. The third-order valence-corrected chi connectivity index (χ3v) is 3.73. The van der Waals surface area contributed by atoms with Crippen LogP contribution < -0.4 is 0 Å². The maximum atomic E-state index is 12.2. The van der Waals surface area contributed by atoms with Crippen molar-refractivity contribution < 1.29 is 19.8 Å². The van der Waals surface area contributed by atoms with E-state index in [1.54, 1.807) is 16.8 Å². The van der Waals surface area contributed by atoms with E-state index >= 15 is 0 Å². The highest BCUT2D eigenvalue weighted by atomic mass is 16.4. The number of piperidine rings is 1. The molecule has 6 heteroatoms. The van der Waals surface area contributed by atoms with Crippen LogP contribution in [0, 0.1) is 5.92 Å². The Kier molecular flexibility index (Phi) is 7.36. The molecule has 1 unspecified atom stereocenters. The molecule has 0 aliphatic carbocycles. The molecule has 2 amide bonds. The second kappa shape index (κ2) is 8.79. The van der Waals surface area contributed by atoms with Crippen molar-refractivity contribution in [3.63, 3.8) is 0 Å². The van der Waals surface area contributed by atoms with Gasteiger partial charge in [-0.15, -0.1) is 0 Å². The quantitative estimate of drug-likeness (QED) is 0.693. The molecule has 2 N–H and O–H groups in total. The molecule has 1 rings (SSSR count). The predicted molar refractivity (Wildman–Crippen MR) is 75.5 cm³/mol. The Bertz CT molecular complexity index is 322. The van der Waals surface area contributed by atoms with Gasteiger partial charge in [-0.05, 0) is 38.0 Å². The van der Waals surface area contributed by atoms with Gasteiger partial charge >= 0.3 is 12.0 Å². The Morgan fingerprint density at radius 1 is 1.30 bits per heavy atom. The first-order valence-corrected chi connectivity index (χ1v) is 7.37. The van der Waals surface area contributed by atoms with Crippen molar-refractivity contribution in [1.29, 1.82) is 0 Å². The first kappa shape index (κ1) is 16.8. The van der Waals surface area contributed by atoms with E-state index in [0.717, 1.165) is 38.6 Å². The number of carbonyl (C=O) groups excluding carboxylic acids is 1. The summed E-state index contributed by atoms with van der Waals surface area (Å²) in [5, 5.41) is 17.5. The van der Waals surface area contributed by atoms with Gasteiger partial charge in [-0.3, -0.25) is 4.79 Å². The molecule has 0 saturated carbocycles. The summed E-state index contributed by atoms with van der Waals surface area (Å²) in [6.07, 6.45) is 4.47. The molecule has 20 heavy (non-hydrogen) atoms. The molecule has 0 spiro atoms. The SMILES string of the molecule is CN(CCCCCO)C(=O)N1CCCC(CC(=O)O)C1. The number of amides is 2. The Morgan fingerprint density at radius 3 is 2.70 bits per heavy atom. The summed E-state index contributed by atoms with van der Waals surface area (Å²) in [4.78, 5) is 26.5. The molecule has 116 valence electrons. The molecule has 1 aliphatic heterocycles. The van der Waals surface area contributed by atoms with Crippen molar-refractivity contribution in [1.82, 2.24) is 9.80 Å². The van der Waals surface area contributed by atoms with E-state index in [2.05, 4.69) is 0 Å². The first-order valence-electron chi connectivity index (χ1n) is 7.37. The Balaban J connectivity index is 2.35. The maximum absolute atomic E-state index is 12.2. The van der Waals surface area contributed by atoms with Gasteiger partial charge in [0.15, 0.2) is 0 Å². The summed E-state index contributed by atoms with van der Waals surface area (Å²) in [7, 11) is 1.78. The number of aliphatic carboxylic acids is 1. The molecule has 0 bridgehead atoms. The van der Waals surface area contributed by atoms with Gasteiger partial charge < -0.3 is 20.0 Å². The number of nitrogens with zero attached hydrogens (tertiary/aromatic N) is 2. The van der Waals surface area contributed by atoms with Crippen LogP contribution in [0.25, 0.3) is 0 Å². The summed E-state index contributed by atoms with van der Waals surface area (Å²) < 4.78 is 0. The molecular formula is C14H26N2O4. The molecule has 0 aromatic heterocycles. The third-order valence-electron chi connectivity index (χ3n) is 3.73. The lowest BCUT2D eigenvalue weighted by molar-refractivity contribution is -0.138. The molecule has 1 saturated heterocycles. The number of aliphatic hydroxyl groups excluding tert-OH is 1. The zero-order valence-electron chi connectivity index (χ0n) is 12.3. The van der Waals surface area contributed by atoms with E-state index in [-0.39, 0.29) is 25.0 Å². The van der Waals surface area contributed by atoms with Gasteiger partial charge in [0.25, 0.3) is 0 Å². The number of likely N-dealkylation sites (tertiary alicyclic amines) is 1. The van der Waals surface area contributed by atoms with Crippen molar-refractivity contribution in [3.05, 3.63) is 0 Å². The van der Waals surface area contributed by atoms with Crippen LogP contribution in [0.15, 0.2) is 0 Å². The zero-order valence-corrected chi connectivity index (χ0v) is 12.3. The van der Waals surface area contributed by atoms with Crippen LogP contribution in [0.5, 0.6) is 0 Å². The topological polar surface area (TPSA) is 81.1 Å². The highest BCUT2D eigenvalue weighted by Crippen LogP contribution is 2.20. The van der Waals surface area contributed by atoms with Gasteiger partial charge in [0, 0.05) is 39.7 Å². The average molecular weight is 286 g/mol. The fourth-order valence-electron chi connectivity index (χ4n) is 2.63. The smallest absolute Gasteiger partial charge is 0.319 e. The van der Waals surface area contributed by atoms with Crippen LogP contribution in [0.4, 0.5) is 4.79 Å². The van der Waals surface area contributed by atoms with E-state index in [4.69, 9.17) is 10.2 Å². The number of urea groups is 1. The number of unbranched alkanes of at least 4 members (excludes halogenated alkanes) is 2. The summed E-state index contributed by atoms with van der Waals surface area (Å²) >= 11 is 0. The van der Waals surface area contributed by atoms with Gasteiger partial charge in [0.1, 0.15) is 0 Å². The molecule has 1 fully saturated rings. The number of carbonyl (C=O) groups is 2. The van der Waals surface area contributed by atoms with E-state index in [1.807, 2.05) is 0 Å². The van der Waals surface area contributed by atoms with Gasteiger partial charge in [0.2, 0.25) is 0 Å². The Labute approximate surface area is 120 Å². The molecule has 1 atom stereocenters. The second-order valence-electron chi connectivity index (χ2n) is 5.54. The van der Waals surface area contributed by atoms with Crippen LogP contribution in [0.1, 0.15) is 38.5 Å². The molecular weight excluding hydrogens is 260 g/mol. The van der Waals surface area contributed by atoms with Crippen LogP contribution in [-0.4, -0.2) is 65.3 Å². The number of rotatable bonds is 7. The minimum atomic E-state index is -0.790. The Morgan fingerprint density at radius 2 is 2.05 bits per heavy atom. The number of hydrogen-bond acceptors (Lipinski definition) is 3. The second-order valence-corrected chi connectivity index (χ2v) is 5.54. The Hall–Kier alpha value is -1.30. The lowest BCUT2D eigenvalue weighted by Crippen LogP contribution is -2.46. The summed E-state index contributed by atoms with van der Waals surface area (Å²) in [6, 6.07) is -0.0101. The number of aliphatic hydroxyl groups is 1. The van der Waals surface area contributed by atoms with E-state index in [9.17, 15) is 9.59 Å². The lowest BCUT2D eigenvalue weighted by Gasteiger charge is -2.34. The standard InChI is InChI=1S/C14H26N2O4/c1-15(7-3-2-4-9-17)14(20)16-8-5-6-12(11-16)10-13(18)19/h12,17H,2-11H2,1H3,(H,18,19). The maximum Gasteiger partial charge on any atom is 0.319 e. The van der Waals surface area contributed by atoms with Crippen LogP contribution >= 0.6 is 0 Å². The molecule has 1 aliphatic rings. The highest BCUT2D eigenvalue weighted by Gasteiger charge is 2.26. The minimum Gasteiger partial charge on any atom is -0.481 e. The molecule has 0 aromatic rings. The monoisotopic (exact) mass is 286 g/mol. The number of carboxylic acids is 1. The third kappa shape index (κ3) is 5.77. The van der Waals surface area contributed by atoms with E-state index < -0.39 is 5.97 Å². The number of hydrogen-bond donors (Lipinski definition) is 2. The average Bonchev–Trinajstić information content (AvgIpc) is 2.42. The van der Waals surface area contributed by atoms with Crippen LogP contribution in [-0.2, 0) is 4.79 Å². The van der Waals surface area contributed by atoms with E-state index in [0.29, 0.717) is 13.1 Å². The summed E-state index contributed by atoms with van der Waals surface area (Å²) in [6.45, 7) is 2.14. The van der Waals surface area contributed by atoms with Crippen molar-refractivity contribution in [2.75, 3.05) is 33.3 Å². The fourth-order valence-corrected chi connectivity index (χ4v) is 2.63. The van der Waals surface area contributed by atoms with Crippen molar-refractivity contribution >= 4 is 12.0 Å². The largest absolute Gasteiger partial charge is 0.481 e. The summed E-state index contributed by atoms with van der Waals surface area (Å²) in [5.41, 5.74) is 0. The minimum absolute atomic E-state index is 0.0101. The summed E-state index contributed by atoms with van der Waals surface area (Å²) in [5.74, 6) is -0.713. The van der Waals surface area contributed by atoms with Crippen LogP contribution in [0.3, 0.4) is 0 Å². The van der Waals surface area contributed by atoms with Crippen LogP contribution in [0.2, 0.25) is 0 Å². The fraction of sp³-hybridized carbons (Fsp3) is 0.857. The van der Waals surface area contributed by atoms with Crippen molar-refractivity contribution in [2.24, 2.45) is 5.92 Å². The molecule has 6 nitrogen and oxygen atoms in total. The van der Waals surface area contributed by atoms with Crippen molar-refractivity contribution in [3.8, 4) is 0 Å². The molecule has 0 radical (unpaired) electrons. The van der Waals surface area contributed by atoms with Gasteiger partial charge in [-0.1, -0.05) is 0 Å². The predicted octanol–water partition coefficient (Wildman–Crippen LogP) is 1.39. The molecule has 1 heterocycles. The first-order chi connectivity index (χ1) is 9.54. The number of carboxylic acid groups (broad SMARTS) is 1. The highest BCUT2D eigenvalue weighted by molar-refractivity contribution is 5.74. The normalized spacial score (nSPS) is 18.9.